The molecule has 0 saturated carbocycles. The molecule has 0 spiro atoms. The molecule has 0 atom stereocenters. The van der Waals surface area contributed by atoms with E-state index in [1.165, 1.54) is 18.2 Å². The summed E-state index contributed by atoms with van der Waals surface area (Å²) in [6.07, 6.45) is 1.36. The van der Waals surface area contributed by atoms with E-state index in [9.17, 15) is 8.42 Å². The fourth-order valence-corrected chi connectivity index (χ4v) is 1.81. The second-order valence-electron chi connectivity index (χ2n) is 2.60. The number of nitrogen functional groups attached to an aromatic ring is 1. The zero-order chi connectivity index (χ0) is 10.6. The molecule has 14 heavy (non-hydrogen) atoms. The predicted molar refractivity (Wildman–Crippen MR) is 54.2 cm³/mol. The molecule has 2 N–H and O–H groups in total. The Balaban J connectivity index is 2.98. The zero-order valence-corrected chi connectivity index (χ0v) is 8.33. The summed E-state index contributed by atoms with van der Waals surface area (Å²) in [4.78, 5) is 0.0550. The number of rotatable bonds is 4. The van der Waals surface area contributed by atoms with Crippen LogP contribution in [0.5, 0.6) is 0 Å². The molecular formula is C9H11NO3S. The Morgan fingerprint density at radius 3 is 2.79 bits per heavy atom. The van der Waals surface area contributed by atoms with E-state index in [2.05, 4.69) is 10.8 Å². The van der Waals surface area contributed by atoms with Gasteiger partial charge in [-0.05, 0) is 18.2 Å². The van der Waals surface area contributed by atoms with Crippen LogP contribution < -0.4 is 5.73 Å². The van der Waals surface area contributed by atoms with Crippen LogP contribution >= 0.6 is 0 Å². The molecule has 4 nitrogen and oxygen atoms in total. The molecular weight excluding hydrogens is 202 g/mol. The molecule has 1 rings (SSSR count). The molecule has 0 aliphatic carbocycles. The van der Waals surface area contributed by atoms with Gasteiger partial charge in [0, 0.05) is 5.69 Å². The smallest absolute Gasteiger partial charge is 0.297 e. The van der Waals surface area contributed by atoms with E-state index in [4.69, 9.17) is 5.73 Å². The third kappa shape index (κ3) is 2.58. The highest BCUT2D eigenvalue weighted by Gasteiger charge is 2.13. The maximum atomic E-state index is 11.4. The minimum absolute atomic E-state index is 0.0445. The minimum atomic E-state index is -3.70. The van der Waals surface area contributed by atoms with Crippen LogP contribution in [0.25, 0.3) is 0 Å². The first-order valence-corrected chi connectivity index (χ1v) is 5.33. The lowest BCUT2D eigenvalue weighted by molar-refractivity contribution is 0.357. The number of benzene rings is 1. The number of anilines is 1. The minimum Gasteiger partial charge on any atom is -0.399 e. The second kappa shape index (κ2) is 4.26. The SMILES string of the molecule is C=CCOS(=O)(=O)c1cccc(N)c1. The standard InChI is InChI=1S/C9H11NO3S/c1-2-6-13-14(11,12)9-5-3-4-8(10)7-9/h2-5,7H,1,6,10H2. The van der Waals surface area contributed by atoms with E-state index in [0.29, 0.717) is 5.69 Å². The maximum absolute atomic E-state index is 11.4. The first-order valence-electron chi connectivity index (χ1n) is 3.92. The van der Waals surface area contributed by atoms with Crippen molar-refractivity contribution < 1.29 is 12.6 Å². The molecule has 0 fully saturated rings. The molecule has 5 heteroatoms. The molecule has 76 valence electrons. The van der Waals surface area contributed by atoms with Gasteiger partial charge in [0.25, 0.3) is 10.1 Å². The van der Waals surface area contributed by atoms with Crippen molar-refractivity contribution in [1.29, 1.82) is 0 Å². The van der Waals surface area contributed by atoms with Gasteiger partial charge in [-0.3, -0.25) is 4.18 Å². The molecule has 0 aliphatic rings. The average molecular weight is 213 g/mol. The fraction of sp³-hybridized carbons (Fsp3) is 0.111. The van der Waals surface area contributed by atoms with Crippen LogP contribution in [0.15, 0.2) is 41.8 Å². The van der Waals surface area contributed by atoms with Crippen LogP contribution in [-0.2, 0) is 14.3 Å². The number of hydrogen-bond donors (Lipinski definition) is 1. The van der Waals surface area contributed by atoms with Gasteiger partial charge in [-0.1, -0.05) is 12.1 Å². The van der Waals surface area contributed by atoms with Crippen molar-refractivity contribution in [2.75, 3.05) is 12.3 Å². The molecule has 0 unspecified atom stereocenters. The van der Waals surface area contributed by atoms with E-state index < -0.39 is 10.1 Å². The van der Waals surface area contributed by atoms with Crippen molar-refractivity contribution in [2.45, 2.75) is 4.90 Å². The van der Waals surface area contributed by atoms with Gasteiger partial charge in [-0.15, -0.1) is 6.58 Å². The molecule has 0 aliphatic heterocycles. The van der Waals surface area contributed by atoms with Gasteiger partial charge >= 0.3 is 0 Å². The monoisotopic (exact) mass is 213 g/mol. The average Bonchev–Trinajstić information content (AvgIpc) is 2.15. The van der Waals surface area contributed by atoms with Gasteiger partial charge in [0.2, 0.25) is 0 Å². The highest BCUT2D eigenvalue weighted by Crippen LogP contribution is 2.14. The van der Waals surface area contributed by atoms with Gasteiger partial charge in [-0.25, -0.2) is 0 Å². The molecule has 0 radical (unpaired) electrons. The van der Waals surface area contributed by atoms with Crippen LogP contribution in [0.2, 0.25) is 0 Å². The van der Waals surface area contributed by atoms with Crippen LogP contribution in [0.4, 0.5) is 5.69 Å². The Bertz CT molecular complexity index is 425. The normalized spacial score (nSPS) is 11.1. The topological polar surface area (TPSA) is 69.4 Å². The predicted octanol–water partition coefficient (Wildman–Crippen LogP) is 1.16. The fourth-order valence-electron chi connectivity index (χ4n) is 0.876. The molecule has 0 saturated heterocycles. The Kier molecular flexibility index (Phi) is 3.27. The third-order valence-corrected chi connectivity index (χ3v) is 2.77. The summed E-state index contributed by atoms with van der Waals surface area (Å²) >= 11 is 0. The van der Waals surface area contributed by atoms with E-state index >= 15 is 0 Å². The van der Waals surface area contributed by atoms with Crippen molar-refractivity contribution in [1.82, 2.24) is 0 Å². The lowest BCUT2D eigenvalue weighted by Gasteiger charge is -2.03. The molecule has 0 amide bonds. The van der Waals surface area contributed by atoms with Crippen molar-refractivity contribution in [3.63, 3.8) is 0 Å². The van der Waals surface area contributed by atoms with E-state index in [1.54, 1.807) is 12.1 Å². The van der Waals surface area contributed by atoms with Crippen LogP contribution in [0.1, 0.15) is 0 Å². The van der Waals surface area contributed by atoms with E-state index in [-0.39, 0.29) is 11.5 Å². The highest BCUT2D eigenvalue weighted by molar-refractivity contribution is 7.86. The first-order chi connectivity index (χ1) is 6.56. The van der Waals surface area contributed by atoms with Crippen molar-refractivity contribution in [2.24, 2.45) is 0 Å². The van der Waals surface area contributed by atoms with Crippen LogP contribution in [0.3, 0.4) is 0 Å². The van der Waals surface area contributed by atoms with Gasteiger partial charge in [0.15, 0.2) is 0 Å². The Hall–Kier alpha value is -1.33. The largest absolute Gasteiger partial charge is 0.399 e. The molecule has 0 aromatic heterocycles. The lowest BCUT2D eigenvalue weighted by atomic mass is 10.3. The first kappa shape index (κ1) is 10.7. The van der Waals surface area contributed by atoms with Gasteiger partial charge in [0.1, 0.15) is 0 Å². The van der Waals surface area contributed by atoms with E-state index in [1.807, 2.05) is 0 Å². The summed E-state index contributed by atoms with van der Waals surface area (Å²) in [6.45, 7) is 3.32. The number of nitrogens with two attached hydrogens (primary N) is 1. The molecule has 0 heterocycles. The highest BCUT2D eigenvalue weighted by atomic mass is 32.2. The molecule has 0 bridgehead atoms. The molecule has 1 aromatic rings. The van der Waals surface area contributed by atoms with Crippen molar-refractivity contribution in [3.8, 4) is 0 Å². The van der Waals surface area contributed by atoms with Crippen molar-refractivity contribution >= 4 is 15.8 Å². The Labute approximate surface area is 83.1 Å². The summed E-state index contributed by atoms with van der Waals surface area (Å²) < 4.78 is 27.5. The van der Waals surface area contributed by atoms with Crippen molar-refractivity contribution in [3.05, 3.63) is 36.9 Å². The summed E-state index contributed by atoms with van der Waals surface area (Å²) in [5, 5.41) is 0. The third-order valence-electron chi connectivity index (χ3n) is 1.49. The van der Waals surface area contributed by atoms with E-state index in [0.717, 1.165) is 0 Å². The summed E-state index contributed by atoms with van der Waals surface area (Å²) in [6, 6.07) is 5.93. The zero-order valence-electron chi connectivity index (χ0n) is 7.51. The lowest BCUT2D eigenvalue weighted by Crippen LogP contribution is -2.06. The van der Waals surface area contributed by atoms with Crippen LogP contribution in [0, 0.1) is 0 Å². The summed E-state index contributed by atoms with van der Waals surface area (Å²) in [5.41, 5.74) is 5.83. The second-order valence-corrected chi connectivity index (χ2v) is 4.22. The van der Waals surface area contributed by atoms with Crippen LogP contribution in [-0.4, -0.2) is 15.0 Å². The number of hydrogen-bond acceptors (Lipinski definition) is 4. The van der Waals surface area contributed by atoms with Gasteiger partial charge in [0.05, 0.1) is 11.5 Å². The Morgan fingerprint density at radius 1 is 1.50 bits per heavy atom. The van der Waals surface area contributed by atoms with Gasteiger partial charge < -0.3 is 5.73 Å². The Morgan fingerprint density at radius 2 is 2.21 bits per heavy atom. The summed E-state index contributed by atoms with van der Waals surface area (Å²) in [5.74, 6) is 0. The maximum Gasteiger partial charge on any atom is 0.297 e. The quantitative estimate of drug-likeness (QED) is 0.463. The van der Waals surface area contributed by atoms with Gasteiger partial charge in [-0.2, -0.15) is 8.42 Å². The molecule has 1 aromatic carbocycles. The summed E-state index contributed by atoms with van der Waals surface area (Å²) in [7, 11) is -3.70.